The van der Waals surface area contributed by atoms with E-state index in [0.29, 0.717) is 5.41 Å². The second-order valence-electron chi connectivity index (χ2n) is 6.05. The monoisotopic (exact) mass is 251 g/mol. The maximum Gasteiger partial charge on any atom is 0.116 e. The normalized spacial score (nSPS) is 26.9. The zero-order valence-electron chi connectivity index (χ0n) is 11.7. The minimum Gasteiger partial charge on any atom is -0.381 e. The first-order valence-corrected chi connectivity index (χ1v) is 7.08. The Hall–Kier alpha value is -0.630. The number of hydrogen-bond acceptors (Lipinski definition) is 4. The third-order valence-electron chi connectivity index (χ3n) is 4.42. The van der Waals surface area contributed by atoms with Gasteiger partial charge in [-0.25, -0.2) is 0 Å². The van der Waals surface area contributed by atoms with Gasteiger partial charge in [-0.05, 0) is 44.7 Å². The molecule has 2 rings (SSSR count). The highest BCUT2D eigenvalue weighted by molar-refractivity contribution is 5.07. The van der Waals surface area contributed by atoms with Crippen LogP contribution in [0.5, 0.6) is 0 Å². The Labute approximate surface area is 110 Å². The second kappa shape index (κ2) is 5.56. The molecule has 4 nitrogen and oxygen atoms in total. The molecule has 0 aliphatic carbocycles. The zero-order chi connectivity index (χ0) is 13.1. The van der Waals surface area contributed by atoms with Crippen LogP contribution in [0.2, 0.25) is 0 Å². The second-order valence-corrected chi connectivity index (χ2v) is 6.05. The number of rotatable bonds is 4. The number of likely N-dealkylation sites (N-methyl/N-ethyl adjacent to an activating group) is 1. The molecule has 1 unspecified atom stereocenters. The van der Waals surface area contributed by atoms with Crippen LogP contribution in [0.4, 0.5) is 0 Å². The van der Waals surface area contributed by atoms with E-state index in [-0.39, 0.29) is 0 Å². The molecule has 0 radical (unpaired) electrons. The molecule has 2 saturated heterocycles. The SMILES string of the molecule is CCNC(C)(C#N)CN1CCC2(CCOCC2)C1. The van der Waals surface area contributed by atoms with E-state index < -0.39 is 5.54 Å². The lowest BCUT2D eigenvalue weighted by Gasteiger charge is -2.34. The van der Waals surface area contributed by atoms with Crippen molar-refractivity contribution in [3.63, 3.8) is 0 Å². The summed E-state index contributed by atoms with van der Waals surface area (Å²) in [6, 6.07) is 2.42. The molecule has 2 aliphatic heterocycles. The third-order valence-corrected chi connectivity index (χ3v) is 4.42. The highest BCUT2D eigenvalue weighted by Gasteiger charge is 2.41. The van der Waals surface area contributed by atoms with E-state index in [1.807, 2.05) is 6.92 Å². The van der Waals surface area contributed by atoms with Crippen molar-refractivity contribution in [2.24, 2.45) is 5.41 Å². The summed E-state index contributed by atoms with van der Waals surface area (Å²) in [7, 11) is 0. The van der Waals surface area contributed by atoms with Crippen LogP contribution in [-0.4, -0.2) is 49.8 Å². The number of likely N-dealkylation sites (tertiary alicyclic amines) is 1. The first kappa shape index (κ1) is 13.8. The van der Waals surface area contributed by atoms with Crippen LogP contribution in [0.25, 0.3) is 0 Å². The molecule has 0 aromatic rings. The van der Waals surface area contributed by atoms with Crippen molar-refractivity contribution in [1.29, 1.82) is 5.26 Å². The minimum atomic E-state index is -0.411. The lowest BCUT2D eigenvalue weighted by atomic mass is 9.80. The van der Waals surface area contributed by atoms with E-state index >= 15 is 0 Å². The van der Waals surface area contributed by atoms with Crippen molar-refractivity contribution in [2.75, 3.05) is 39.4 Å². The average Bonchev–Trinajstić information content (AvgIpc) is 2.73. The summed E-state index contributed by atoms with van der Waals surface area (Å²) < 4.78 is 5.47. The quantitative estimate of drug-likeness (QED) is 0.820. The lowest BCUT2D eigenvalue weighted by Crippen LogP contribution is -2.50. The molecule has 0 bridgehead atoms. The standard InChI is InChI=1S/C14H25N3O/c1-3-16-13(2,10-15)11-17-7-4-14(12-17)5-8-18-9-6-14/h16H,3-9,11-12H2,1-2H3. The van der Waals surface area contributed by atoms with E-state index in [2.05, 4.69) is 23.2 Å². The molecular formula is C14H25N3O. The van der Waals surface area contributed by atoms with Gasteiger partial charge in [0, 0.05) is 26.3 Å². The van der Waals surface area contributed by atoms with Gasteiger partial charge in [0.1, 0.15) is 5.54 Å². The topological polar surface area (TPSA) is 48.3 Å². The van der Waals surface area contributed by atoms with Gasteiger partial charge in [0.05, 0.1) is 6.07 Å². The first-order chi connectivity index (χ1) is 8.61. The fourth-order valence-electron chi connectivity index (χ4n) is 3.34. The molecule has 1 atom stereocenters. The van der Waals surface area contributed by atoms with Crippen LogP contribution in [0.1, 0.15) is 33.1 Å². The van der Waals surface area contributed by atoms with E-state index in [9.17, 15) is 5.26 Å². The van der Waals surface area contributed by atoms with Crippen LogP contribution < -0.4 is 5.32 Å². The molecule has 0 amide bonds. The van der Waals surface area contributed by atoms with E-state index in [4.69, 9.17) is 4.74 Å². The van der Waals surface area contributed by atoms with Crippen molar-refractivity contribution in [3.05, 3.63) is 0 Å². The fourth-order valence-corrected chi connectivity index (χ4v) is 3.34. The molecule has 1 N–H and O–H groups in total. The predicted octanol–water partition coefficient (Wildman–Crippen LogP) is 1.38. The molecule has 102 valence electrons. The van der Waals surface area contributed by atoms with Crippen molar-refractivity contribution >= 4 is 0 Å². The van der Waals surface area contributed by atoms with Crippen molar-refractivity contribution in [2.45, 2.75) is 38.6 Å². The lowest BCUT2D eigenvalue weighted by molar-refractivity contribution is 0.0187. The van der Waals surface area contributed by atoms with Crippen molar-refractivity contribution in [3.8, 4) is 6.07 Å². The molecule has 2 fully saturated rings. The van der Waals surface area contributed by atoms with E-state index in [1.54, 1.807) is 0 Å². The highest BCUT2D eigenvalue weighted by Crippen LogP contribution is 2.39. The zero-order valence-corrected chi connectivity index (χ0v) is 11.7. The molecular weight excluding hydrogens is 226 g/mol. The number of nitriles is 1. The maximum atomic E-state index is 9.32. The van der Waals surface area contributed by atoms with Gasteiger partial charge < -0.3 is 4.74 Å². The molecule has 2 heterocycles. The molecule has 0 saturated carbocycles. The van der Waals surface area contributed by atoms with Gasteiger partial charge in [-0.1, -0.05) is 6.92 Å². The number of hydrogen-bond donors (Lipinski definition) is 1. The number of nitrogens with one attached hydrogen (secondary N) is 1. The Morgan fingerprint density at radius 3 is 2.72 bits per heavy atom. The molecule has 0 aromatic carbocycles. The van der Waals surface area contributed by atoms with Crippen molar-refractivity contribution < 1.29 is 4.74 Å². The van der Waals surface area contributed by atoms with Crippen LogP contribution in [-0.2, 0) is 4.74 Å². The molecule has 2 aliphatic rings. The van der Waals surface area contributed by atoms with Gasteiger partial charge in [0.15, 0.2) is 0 Å². The summed E-state index contributed by atoms with van der Waals surface area (Å²) in [6.45, 7) is 9.83. The summed E-state index contributed by atoms with van der Waals surface area (Å²) >= 11 is 0. The Morgan fingerprint density at radius 2 is 2.11 bits per heavy atom. The smallest absolute Gasteiger partial charge is 0.116 e. The van der Waals surface area contributed by atoms with Crippen LogP contribution in [0, 0.1) is 16.7 Å². The summed E-state index contributed by atoms with van der Waals surface area (Å²) in [5.74, 6) is 0. The van der Waals surface area contributed by atoms with Gasteiger partial charge in [-0.3, -0.25) is 10.2 Å². The van der Waals surface area contributed by atoms with E-state index in [1.165, 1.54) is 19.3 Å². The highest BCUT2D eigenvalue weighted by atomic mass is 16.5. The minimum absolute atomic E-state index is 0.411. The van der Waals surface area contributed by atoms with Crippen LogP contribution >= 0.6 is 0 Å². The van der Waals surface area contributed by atoms with Gasteiger partial charge in [0.25, 0.3) is 0 Å². The Bertz CT molecular complexity index is 319. The summed E-state index contributed by atoms with van der Waals surface area (Å²) in [5.41, 5.74) is 0.0618. The largest absolute Gasteiger partial charge is 0.381 e. The van der Waals surface area contributed by atoms with Crippen LogP contribution in [0.3, 0.4) is 0 Å². The van der Waals surface area contributed by atoms with E-state index in [0.717, 1.165) is 39.4 Å². The van der Waals surface area contributed by atoms with Gasteiger partial charge in [-0.15, -0.1) is 0 Å². The third kappa shape index (κ3) is 3.03. The first-order valence-electron chi connectivity index (χ1n) is 7.08. The number of ether oxygens (including phenoxy) is 1. The fraction of sp³-hybridized carbons (Fsp3) is 0.929. The molecule has 4 heteroatoms. The predicted molar refractivity (Wildman–Crippen MR) is 71.2 cm³/mol. The number of nitrogens with zero attached hydrogens (tertiary/aromatic N) is 2. The van der Waals surface area contributed by atoms with Crippen molar-refractivity contribution in [1.82, 2.24) is 10.2 Å². The molecule has 1 spiro atoms. The van der Waals surface area contributed by atoms with Gasteiger partial charge >= 0.3 is 0 Å². The average molecular weight is 251 g/mol. The summed E-state index contributed by atoms with van der Waals surface area (Å²) in [6.07, 6.45) is 3.64. The van der Waals surface area contributed by atoms with Gasteiger partial charge in [-0.2, -0.15) is 5.26 Å². The summed E-state index contributed by atoms with van der Waals surface area (Å²) in [4.78, 5) is 2.46. The van der Waals surface area contributed by atoms with Crippen LogP contribution in [0.15, 0.2) is 0 Å². The molecule has 0 aromatic heterocycles. The Kier molecular flexibility index (Phi) is 4.26. The Morgan fingerprint density at radius 1 is 1.39 bits per heavy atom. The van der Waals surface area contributed by atoms with Gasteiger partial charge in [0.2, 0.25) is 0 Å². The summed E-state index contributed by atoms with van der Waals surface area (Å²) in [5, 5.41) is 12.6. The molecule has 18 heavy (non-hydrogen) atoms. The Balaban J connectivity index is 1.90. The maximum absolute atomic E-state index is 9.32.